The van der Waals surface area contributed by atoms with Crippen LogP contribution in [0.15, 0.2) is 51.7 Å². The number of fused-ring (bicyclic) bond motifs is 2. The predicted octanol–water partition coefficient (Wildman–Crippen LogP) is 4.40. The molecule has 0 atom stereocenters. The van der Waals surface area contributed by atoms with E-state index in [2.05, 4.69) is 24.3 Å². The Morgan fingerprint density at radius 3 is 2.71 bits per heavy atom. The first-order chi connectivity index (χ1) is 11.5. The van der Waals surface area contributed by atoms with Gasteiger partial charge in [0.05, 0.1) is 5.56 Å². The molecule has 1 aromatic heterocycles. The number of rotatable bonds is 2. The average molecular weight is 317 g/mol. The molecule has 3 heteroatoms. The highest BCUT2D eigenvalue weighted by Gasteiger charge is 2.15. The zero-order valence-electron chi connectivity index (χ0n) is 14.1. The van der Waals surface area contributed by atoms with Gasteiger partial charge in [0.25, 0.3) is 0 Å². The smallest absolute Gasteiger partial charge is 0.344 e. The van der Waals surface area contributed by atoms with Crippen LogP contribution in [0.3, 0.4) is 0 Å². The standard InChI is InChI=1S/C21H19NO2/c1-13-18-10-9-17(22(2)3)12-19(18)24-21(23)20(13)16-8-7-14-5-4-6-15(14)11-16/h4,6-12H,5H2,1-3H3. The van der Waals surface area contributed by atoms with Crippen LogP contribution in [0, 0.1) is 6.92 Å². The van der Waals surface area contributed by atoms with Gasteiger partial charge < -0.3 is 9.32 Å². The van der Waals surface area contributed by atoms with Crippen LogP contribution in [0.5, 0.6) is 0 Å². The van der Waals surface area contributed by atoms with Crippen LogP contribution in [0.25, 0.3) is 28.2 Å². The Bertz CT molecular complexity index is 1040. The van der Waals surface area contributed by atoms with E-state index in [1.165, 1.54) is 11.1 Å². The number of hydrogen-bond acceptors (Lipinski definition) is 3. The van der Waals surface area contributed by atoms with E-state index in [0.717, 1.165) is 28.6 Å². The summed E-state index contributed by atoms with van der Waals surface area (Å²) < 4.78 is 5.64. The van der Waals surface area contributed by atoms with E-state index in [-0.39, 0.29) is 5.63 Å². The first-order valence-electron chi connectivity index (χ1n) is 8.09. The fourth-order valence-corrected chi connectivity index (χ4v) is 3.36. The van der Waals surface area contributed by atoms with E-state index < -0.39 is 0 Å². The molecule has 0 unspecified atom stereocenters. The molecule has 1 aliphatic rings. The molecule has 4 rings (SSSR count). The molecule has 0 aliphatic heterocycles. The Balaban J connectivity index is 1.95. The molecule has 1 aliphatic carbocycles. The Hall–Kier alpha value is -2.81. The van der Waals surface area contributed by atoms with Crippen molar-refractivity contribution >= 4 is 22.7 Å². The van der Waals surface area contributed by atoms with E-state index in [4.69, 9.17) is 4.42 Å². The molecule has 24 heavy (non-hydrogen) atoms. The van der Waals surface area contributed by atoms with Crippen LogP contribution in [0.1, 0.15) is 16.7 Å². The lowest BCUT2D eigenvalue weighted by molar-refractivity contribution is 0.562. The van der Waals surface area contributed by atoms with Crippen molar-refractivity contribution in [2.75, 3.05) is 19.0 Å². The van der Waals surface area contributed by atoms with Gasteiger partial charge >= 0.3 is 5.63 Å². The van der Waals surface area contributed by atoms with Crippen LogP contribution >= 0.6 is 0 Å². The van der Waals surface area contributed by atoms with Crippen LogP contribution in [-0.2, 0) is 6.42 Å². The fourth-order valence-electron chi connectivity index (χ4n) is 3.36. The SMILES string of the molecule is Cc1c(-c2ccc3c(c2)C=CC3)c(=O)oc2cc(N(C)C)ccc12. The van der Waals surface area contributed by atoms with E-state index in [9.17, 15) is 4.79 Å². The van der Waals surface area contributed by atoms with Gasteiger partial charge in [0.1, 0.15) is 5.58 Å². The van der Waals surface area contributed by atoms with E-state index in [1.54, 1.807) is 0 Å². The number of allylic oxidation sites excluding steroid dienone is 1. The van der Waals surface area contributed by atoms with E-state index in [0.29, 0.717) is 11.1 Å². The first-order valence-corrected chi connectivity index (χ1v) is 8.09. The van der Waals surface area contributed by atoms with Crippen molar-refractivity contribution < 1.29 is 4.42 Å². The third-order valence-electron chi connectivity index (χ3n) is 4.74. The summed E-state index contributed by atoms with van der Waals surface area (Å²) in [6.45, 7) is 1.99. The first kappa shape index (κ1) is 14.8. The van der Waals surface area contributed by atoms with Crippen molar-refractivity contribution in [1.29, 1.82) is 0 Å². The Morgan fingerprint density at radius 1 is 1.08 bits per heavy atom. The second kappa shape index (κ2) is 5.38. The maximum atomic E-state index is 12.6. The molecular formula is C21H19NO2. The van der Waals surface area contributed by atoms with Crippen molar-refractivity contribution in [2.45, 2.75) is 13.3 Å². The fraction of sp³-hybridized carbons (Fsp3) is 0.190. The number of nitrogens with zero attached hydrogens (tertiary/aromatic N) is 1. The summed E-state index contributed by atoms with van der Waals surface area (Å²) in [7, 11) is 3.94. The molecule has 1 heterocycles. The summed E-state index contributed by atoms with van der Waals surface area (Å²) in [5.74, 6) is 0. The van der Waals surface area contributed by atoms with Gasteiger partial charge in [0, 0.05) is 31.2 Å². The lowest BCUT2D eigenvalue weighted by atomic mass is 9.96. The van der Waals surface area contributed by atoms with Gasteiger partial charge in [0.15, 0.2) is 0 Å². The lowest BCUT2D eigenvalue weighted by Crippen LogP contribution is -2.10. The Labute approximate surface area is 140 Å². The number of aryl methyl sites for hydroxylation is 1. The van der Waals surface area contributed by atoms with Gasteiger partial charge in [-0.25, -0.2) is 4.79 Å². The molecular weight excluding hydrogens is 298 g/mol. The Kier molecular flexibility index (Phi) is 3.31. The van der Waals surface area contributed by atoms with Crippen molar-refractivity contribution in [2.24, 2.45) is 0 Å². The van der Waals surface area contributed by atoms with Crippen molar-refractivity contribution in [3.05, 3.63) is 69.6 Å². The van der Waals surface area contributed by atoms with Crippen molar-refractivity contribution in [3.8, 4) is 11.1 Å². The molecule has 0 amide bonds. The normalized spacial score (nSPS) is 12.6. The van der Waals surface area contributed by atoms with Gasteiger partial charge in [-0.15, -0.1) is 0 Å². The highest BCUT2D eigenvalue weighted by atomic mass is 16.4. The molecule has 0 spiro atoms. The Morgan fingerprint density at radius 2 is 1.92 bits per heavy atom. The molecule has 0 saturated carbocycles. The minimum atomic E-state index is -0.280. The molecule has 0 radical (unpaired) electrons. The molecule has 120 valence electrons. The number of benzene rings is 2. The third kappa shape index (κ3) is 2.24. The maximum absolute atomic E-state index is 12.6. The van der Waals surface area contributed by atoms with Crippen LogP contribution in [-0.4, -0.2) is 14.1 Å². The average Bonchev–Trinajstić information content (AvgIpc) is 3.02. The second-order valence-electron chi connectivity index (χ2n) is 6.48. The van der Waals surface area contributed by atoms with E-state index in [1.807, 2.05) is 50.2 Å². The number of anilines is 1. The summed E-state index contributed by atoms with van der Waals surface area (Å²) in [5, 5.41) is 0.978. The summed E-state index contributed by atoms with van der Waals surface area (Å²) in [6, 6.07) is 12.2. The van der Waals surface area contributed by atoms with Gasteiger partial charge in [0.2, 0.25) is 0 Å². The quantitative estimate of drug-likeness (QED) is 0.657. The highest BCUT2D eigenvalue weighted by molar-refractivity contribution is 5.89. The van der Waals surface area contributed by atoms with Gasteiger partial charge in [-0.1, -0.05) is 24.3 Å². The van der Waals surface area contributed by atoms with Gasteiger partial charge in [-0.3, -0.25) is 0 Å². The number of hydrogen-bond donors (Lipinski definition) is 0. The van der Waals surface area contributed by atoms with Crippen molar-refractivity contribution in [3.63, 3.8) is 0 Å². The largest absolute Gasteiger partial charge is 0.422 e. The topological polar surface area (TPSA) is 33.5 Å². The maximum Gasteiger partial charge on any atom is 0.344 e. The zero-order valence-corrected chi connectivity index (χ0v) is 14.1. The van der Waals surface area contributed by atoms with Crippen molar-refractivity contribution in [1.82, 2.24) is 0 Å². The monoisotopic (exact) mass is 317 g/mol. The van der Waals surface area contributed by atoms with Crippen LogP contribution < -0.4 is 10.5 Å². The van der Waals surface area contributed by atoms with Gasteiger partial charge in [-0.05, 0) is 53.8 Å². The zero-order chi connectivity index (χ0) is 16.8. The van der Waals surface area contributed by atoms with Crippen LogP contribution in [0.2, 0.25) is 0 Å². The summed E-state index contributed by atoms with van der Waals surface area (Å²) in [5.41, 5.74) is 6.40. The molecule has 0 bridgehead atoms. The van der Waals surface area contributed by atoms with Crippen LogP contribution in [0.4, 0.5) is 5.69 Å². The predicted molar refractivity (Wildman–Crippen MR) is 99.7 cm³/mol. The lowest BCUT2D eigenvalue weighted by Gasteiger charge is -2.14. The molecule has 3 aromatic rings. The molecule has 0 saturated heterocycles. The molecule has 0 fully saturated rings. The van der Waals surface area contributed by atoms with E-state index >= 15 is 0 Å². The third-order valence-corrected chi connectivity index (χ3v) is 4.74. The minimum absolute atomic E-state index is 0.280. The summed E-state index contributed by atoms with van der Waals surface area (Å²) in [4.78, 5) is 14.6. The molecule has 2 aromatic carbocycles. The summed E-state index contributed by atoms with van der Waals surface area (Å²) >= 11 is 0. The van der Waals surface area contributed by atoms with Gasteiger partial charge in [-0.2, -0.15) is 0 Å². The molecule has 0 N–H and O–H groups in total. The summed E-state index contributed by atoms with van der Waals surface area (Å²) in [6.07, 6.45) is 5.22. The highest BCUT2D eigenvalue weighted by Crippen LogP contribution is 2.31. The molecule has 3 nitrogen and oxygen atoms in total. The second-order valence-corrected chi connectivity index (χ2v) is 6.48. The minimum Gasteiger partial charge on any atom is -0.422 e.